The van der Waals surface area contributed by atoms with Crippen LogP contribution >= 0.6 is 0 Å². The number of hydrogen-bond donors (Lipinski definition) is 4. The molecule has 0 bridgehead atoms. The molecule has 0 radical (unpaired) electrons. The van der Waals surface area contributed by atoms with Crippen molar-refractivity contribution in [1.82, 2.24) is 24.9 Å². The van der Waals surface area contributed by atoms with E-state index in [4.69, 9.17) is 0 Å². The average molecular weight is 523 g/mol. The molecule has 4 N–H and O–H groups in total. The first-order chi connectivity index (χ1) is 18.7. The smallest absolute Gasteiger partial charge is 0.255 e. The van der Waals surface area contributed by atoms with E-state index in [1.54, 1.807) is 41.0 Å². The van der Waals surface area contributed by atoms with E-state index in [0.717, 1.165) is 10.9 Å². The molecule has 194 valence electrons. The first-order valence-corrected chi connectivity index (χ1v) is 12.0. The Hall–Kier alpha value is -5.26. The highest BCUT2D eigenvalue weighted by molar-refractivity contribution is 6.01. The van der Waals surface area contributed by atoms with Crippen molar-refractivity contribution in [3.05, 3.63) is 77.7 Å². The number of amides is 1. The van der Waals surface area contributed by atoms with Gasteiger partial charge in [-0.1, -0.05) is 0 Å². The minimum atomic E-state index is -1.67. The lowest BCUT2D eigenvalue weighted by Gasteiger charge is -2.22. The maximum absolute atomic E-state index is 14.3. The Labute approximate surface area is 222 Å². The lowest BCUT2D eigenvalue weighted by atomic mass is 10.0. The van der Waals surface area contributed by atoms with Crippen molar-refractivity contribution in [3.63, 3.8) is 0 Å². The predicted octanol–water partition coefficient (Wildman–Crippen LogP) is 4.20. The van der Waals surface area contributed by atoms with Crippen molar-refractivity contribution >= 4 is 33.7 Å². The second kappa shape index (κ2) is 9.89. The molecule has 0 saturated carbocycles. The fourth-order valence-electron chi connectivity index (χ4n) is 4.11. The van der Waals surface area contributed by atoms with Gasteiger partial charge in [0.1, 0.15) is 18.3 Å². The number of aliphatic hydroxyl groups is 1. The van der Waals surface area contributed by atoms with Gasteiger partial charge < -0.3 is 20.7 Å². The van der Waals surface area contributed by atoms with Gasteiger partial charge in [0.05, 0.1) is 57.6 Å². The molecule has 0 aliphatic heterocycles. The number of halogens is 1. The number of alkyl halides is 1. The van der Waals surface area contributed by atoms with Gasteiger partial charge in [-0.15, -0.1) is 0 Å². The predicted molar refractivity (Wildman–Crippen MR) is 143 cm³/mol. The number of nitrogens with one attached hydrogen (secondary N) is 3. The summed E-state index contributed by atoms with van der Waals surface area (Å²) >= 11 is 0. The fourth-order valence-corrected chi connectivity index (χ4v) is 4.11. The molecule has 1 atom stereocenters. The van der Waals surface area contributed by atoms with Gasteiger partial charge in [-0.05, 0) is 56.3 Å². The van der Waals surface area contributed by atoms with Gasteiger partial charge in [0.15, 0.2) is 0 Å². The van der Waals surface area contributed by atoms with E-state index >= 15 is 0 Å². The normalized spacial score (nSPS) is 12.2. The van der Waals surface area contributed by atoms with Crippen LogP contribution < -0.4 is 10.6 Å². The average Bonchev–Trinajstić information content (AvgIpc) is 3.54. The first-order valence-electron chi connectivity index (χ1n) is 12.0. The molecule has 0 saturated heterocycles. The number of benzene rings is 1. The summed E-state index contributed by atoms with van der Waals surface area (Å²) < 4.78 is 16.0. The van der Waals surface area contributed by atoms with Gasteiger partial charge >= 0.3 is 0 Å². The number of nitriles is 2. The lowest BCUT2D eigenvalue weighted by molar-refractivity contribution is -0.00177. The van der Waals surface area contributed by atoms with Crippen LogP contribution in [0.2, 0.25) is 0 Å². The Morgan fingerprint density at radius 3 is 2.74 bits per heavy atom. The molecule has 4 aromatic heterocycles. The maximum Gasteiger partial charge on any atom is 0.255 e. The molecule has 1 amide bonds. The summed E-state index contributed by atoms with van der Waals surface area (Å²) in [5.41, 5.74) is 3.08. The van der Waals surface area contributed by atoms with Gasteiger partial charge in [0.25, 0.3) is 5.91 Å². The highest BCUT2D eigenvalue weighted by atomic mass is 19.1. The van der Waals surface area contributed by atoms with Gasteiger partial charge in [-0.3, -0.25) is 9.78 Å². The molecule has 5 rings (SSSR count). The molecule has 0 aliphatic rings. The summed E-state index contributed by atoms with van der Waals surface area (Å²) in [6.07, 6.45) is 2.78. The van der Waals surface area contributed by atoms with Crippen molar-refractivity contribution in [3.8, 4) is 23.5 Å². The molecule has 10 nitrogen and oxygen atoms in total. The van der Waals surface area contributed by atoms with Crippen molar-refractivity contribution in [1.29, 1.82) is 10.5 Å². The first kappa shape index (κ1) is 25.4. The molecule has 0 unspecified atom stereocenters. The molecule has 4 heterocycles. The van der Waals surface area contributed by atoms with Gasteiger partial charge in [0.2, 0.25) is 0 Å². The third kappa shape index (κ3) is 4.99. The zero-order chi connectivity index (χ0) is 27.7. The van der Waals surface area contributed by atoms with Crippen LogP contribution in [-0.2, 0) is 0 Å². The molecule has 39 heavy (non-hydrogen) atoms. The van der Waals surface area contributed by atoms with Crippen LogP contribution in [0, 0.1) is 22.7 Å². The molecule has 0 aliphatic carbocycles. The van der Waals surface area contributed by atoms with Crippen molar-refractivity contribution in [2.45, 2.75) is 25.6 Å². The molecule has 5 aromatic rings. The number of carbonyl (C=O) groups is 1. The van der Waals surface area contributed by atoms with Crippen LogP contribution in [0.3, 0.4) is 0 Å². The molecule has 11 heteroatoms. The Morgan fingerprint density at radius 2 is 2.00 bits per heavy atom. The zero-order valence-corrected chi connectivity index (χ0v) is 21.0. The number of H-pyrrole nitrogens is 1. The number of aromatic amines is 1. The van der Waals surface area contributed by atoms with E-state index in [-0.39, 0.29) is 12.1 Å². The number of carbonyl (C=O) groups excluding carboxylic acids is 1. The third-order valence-corrected chi connectivity index (χ3v) is 6.33. The summed E-state index contributed by atoms with van der Waals surface area (Å²) in [7, 11) is 0. The van der Waals surface area contributed by atoms with Crippen LogP contribution in [0.25, 0.3) is 27.8 Å². The molecule has 0 spiro atoms. The standard InChI is InChI=1S/C28H23FN8O2/c1-28(2,39)26(29)15-34-27(38)21-14-33-24(25-6-4-19-7-16(10-30)12-35-37(19)25)9-23(21)36-18-3-5-20-17(11-31)13-32-22(20)8-18/h3-9,12-14,26,32,39H,15H2,1-2H3,(H,33,36)(H,34,38)/t26-/m1/s1. The van der Waals surface area contributed by atoms with E-state index in [0.29, 0.717) is 39.4 Å². The van der Waals surface area contributed by atoms with Crippen LogP contribution in [0.5, 0.6) is 0 Å². The number of pyridine rings is 1. The largest absolute Gasteiger partial charge is 0.387 e. The van der Waals surface area contributed by atoms with Crippen molar-refractivity contribution in [2.75, 3.05) is 11.9 Å². The summed E-state index contributed by atoms with van der Waals surface area (Å²) in [6, 6.07) is 16.6. The minimum Gasteiger partial charge on any atom is -0.387 e. The zero-order valence-electron chi connectivity index (χ0n) is 21.0. The van der Waals surface area contributed by atoms with Crippen LogP contribution in [0.4, 0.5) is 15.8 Å². The maximum atomic E-state index is 14.3. The van der Waals surface area contributed by atoms with Crippen LogP contribution in [-0.4, -0.2) is 48.9 Å². The number of nitrogens with zero attached hydrogens (tertiary/aromatic N) is 5. The molecule has 1 aromatic carbocycles. The molecular formula is C28H23FN8O2. The highest BCUT2D eigenvalue weighted by Crippen LogP contribution is 2.29. The van der Waals surface area contributed by atoms with E-state index < -0.39 is 17.7 Å². The SMILES string of the molecule is CC(C)(O)[C@H](F)CNC(=O)c1cnc(-c2ccc3cc(C#N)cnn23)cc1Nc1ccc2c(C#N)c[nH]c2c1. The topological polar surface area (TPSA) is 155 Å². The monoisotopic (exact) mass is 522 g/mol. The number of hydrogen-bond acceptors (Lipinski definition) is 7. The Balaban J connectivity index is 1.53. The van der Waals surface area contributed by atoms with Crippen molar-refractivity contribution < 1.29 is 14.3 Å². The number of aromatic nitrogens is 4. The Kier molecular flexibility index (Phi) is 6.44. The second-order valence-corrected chi connectivity index (χ2v) is 9.56. The van der Waals surface area contributed by atoms with Crippen LogP contribution in [0.1, 0.15) is 35.3 Å². The molecule has 0 fully saturated rings. The third-order valence-electron chi connectivity index (χ3n) is 6.33. The minimum absolute atomic E-state index is 0.159. The summed E-state index contributed by atoms with van der Waals surface area (Å²) in [4.78, 5) is 20.6. The van der Waals surface area contributed by atoms with Crippen LogP contribution in [0.15, 0.2) is 61.1 Å². The summed E-state index contributed by atoms with van der Waals surface area (Å²) in [5, 5.41) is 39.2. The highest BCUT2D eigenvalue weighted by Gasteiger charge is 2.27. The Morgan fingerprint density at radius 1 is 1.18 bits per heavy atom. The molecular weight excluding hydrogens is 499 g/mol. The number of fused-ring (bicyclic) bond motifs is 2. The quantitative estimate of drug-likeness (QED) is 0.250. The van der Waals surface area contributed by atoms with E-state index in [2.05, 4.69) is 37.8 Å². The number of anilines is 2. The van der Waals surface area contributed by atoms with Gasteiger partial charge in [-0.25, -0.2) is 8.91 Å². The second-order valence-electron chi connectivity index (χ2n) is 9.56. The van der Waals surface area contributed by atoms with E-state index in [1.165, 1.54) is 26.2 Å². The van der Waals surface area contributed by atoms with E-state index in [9.17, 15) is 24.8 Å². The fraction of sp³-hybridized carbons (Fsp3) is 0.179. The number of rotatable bonds is 7. The summed E-state index contributed by atoms with van der Waals surface area (Å²) in [6.45, 7) is 2.28. The van der Waals surface area contributed by atoms with E-state index in [1.807, 2.05) is 12.1 Å². The van der Waals surface area contributed by atoms with Gasteiger partial charge in [0, 0.05) is 29.0 Å². The Bertz CT molecular complexity index is 1800. The summed E-state index contributed by atoms with van der Waals surface area (Å²) in [5.74, 6) is -0.576. The van der Waals surface area contributed by atoms with Gasteiger partial charge in [-0.2, -0.15) is 15.6 Å². The van der Waals surface area contributed by atoms with Crippen molar-refractivity contribution in [2.24, 2.45) is 0 Å². The lowest BCUT2D eigenvalue weighted by Crippen LogP contribution is -2.42.